The maximum atomic E-state index is 12.3. The molecule has 0 fully saturated rings. The average Bonchev–Trinajstić information content (AvgIpc) is 2.55. The van der Waals surface area contributed by atoms with E-state index in [1.807, 2.05) is 55.5 Å². The minimum Gasteiger partial charge on any atom is -0.391 e. The van der Waals surface area contributed by atoms with Crippen molar-refractivity contribution in [1.29, 1.82) is 0 Å². The van der Waals surface area contributed by atoms with E-state index in [1.165, 1.54) is 0 Å². The molecular weight excluding hydrogens is 507 g/mol. The van der Waals surface area contributed by atoms with E-state index in [0.29, 0.717) is 5.02 Å². The number of hydrogen-bond acceptors (Lipinski definition) is 3. The zero-order chi connectivity index (χ0) is 18.4. The van der Waals surface area contributed by atoms with Gasteiger partial charge in [-0.2, -0.15) is 0 Å². The van der Waals surface area contributed by atoms with E-state index in [0.717, 1.165) is 14.7 Å². The average molecular weight is 530 g/mol. The van der Waals surface area contributed by atoms with Gasteiger partial charge in [-0.3, -0.25) is 4.57 Å². The van der Waals surface area contributed by atoms with E-state index in [4.69, 9.17) is 11.6 Å². The second-order valence-corrected chi connectivity index (χ2v) is 10.1. The first-order chi connectivity index (χ1) is 11.8. The number of benzene rings is 2. The first-order valence-corrected chi connectivity index (χ1v) is 11.5. The summed E-state index contributed by atoms with van der Waals surface area (Å²) in [6.45, 7) is 2.23. The standard InChI is InChI=1S/C18H22ClINO3P.ClH/c1-13(15-7-8-17(19)18(20)9-15)21-10-16(22)12-25(23,24)11-14-5-3-2-4-6-14;/h2-9,13,16,21-22H,10-12H2,1H3,(H,23,24);1H. The highest BCUT2D eigenvalue weighted by Crippen LogP contribution is 2.44. The summed E-state index contributed by atoms with van der Waals surface area (Å²) in [5, 5.41) is 14.1. The molecule has 0 radical (unpaired) electrons. The summed E-state index contributed by atoms with van der Waals surface area (Å²) in [4.78, 5) is 10.1. The molecule has 3 atom stereocenters. The fraction of sp³-hybridized carbons (Fsp3) is 0.333. The van der Waals surface area contributed by atoms with Gasteiger partial charge in [-0.1, -0.05) is 48.0 Å². The molecule has 0 aliphatic rings. The molecule has 0 saturated carbocycles. The zero-order valence-electron chi connectivity index (χ0n) is 14.3. The van der Waals surface area contributed by atoms with E-state index in [1.54, 1.807) is 0 Å². The molecule has 144 valence electrons. The van der Waals surface area contributed by atoms with E-state index in [9.17, 15) is 14.6 Å². The summed E-state index contributed by atoms with van der Waals surface area (Å²) in [5.74, 6) is 0. The van der Waals surface area contributed by atoms with Crippen molar-refractivity contribution in [1.82, 2.24) is 5.32 Å². The second kappa shape index (κ2) is 11.0. The summed E-state index contributed by atoms with van der Waals surface area (Å²) in [6.07, 6.45) is -0.927. The highest BCUT2D eigenvalue weighted by atomic mass is 127. The lowest BCUT2D eigenvalue weighted by molar-refractivity contribution is 0.186. The Labute approximate surface area is 179 Å². The van der Waals surface area contributed by atoms with Crippen LogP contribution < -0.4 is 5.32 Å². The molecule has 0 aliphatic heterocycles. The number of hydrogen-bond donors (Lipinski definition) is 3. The Morgan fingerprint density at radius 3 is 2.50 bits per heavy atom. The van der Waals surface area contributed by atoms with Crippen molar-refractivity contribution >= 4 is 54.0 Å². The molecule has 3 unspecified atom stereocenters. The van der Waals surface area contributed by atoms with E-state index >= 15 is 0 Å². The molecule has 4 nitrogen and oxygen atoms in total. The maximum Gasteiger partial charge on any atom is 0.207 e. The van der Waals surface area contributed by atoms with Crippen LogP contribution in [0.5, 0.6) is 0 Å². The maximum absolute atomic E-state index is 12.3. The molecule has 2 rings (SSSR count). The van der Waals surface area contributed by atoms with Gasteiger partial charge in [0.15, 0.2) is 0 Å². The van der Waals surface area contributed by atoms with Gasteiger partial charge in [-0.05, 0) is 52.8 Å². The van der Waals surface area contributed by atoms with Crippen molar-refractivity contribution in [2.24, 2.45) is 0 Å². The number of aliphatic hydroxyl groups excluding tert-OH is 1. The summed E-state index contributed by atoms with van der Waals surface area (Å²) < 4.78 is 13.3. The van der Waals surface area contributed by atoms with E-state index < -0.39 is 13.5 Å². The van der Waals surface area contributed by atoms with Crippen LogP contribution >= 0.6 is 54.0 Å². The van der Waals surface area contributed by atoms with E-state index in [2.05, 4.69) is 27.9 Å². The molecular formula is C18H23Cl2INO3P. The fourth-order valence-corrected chi connectivity index (χ4v) is 4.89. The largest absolute Gasteiger partial charge is 0.391 e. The van der Waals surface area contributed by atoms with Crippen molar-refractivity contribution in [3.8, 4) is 0 Å². The number of aliphatic hydroxyl groups is 1. The van der Waals surface area contributed by atoms with Crippen LogP contribution in [0, 0.1) is 3.57 Å². The van der Waals surface area contributed by atoms with Crippen molar-refractivity contribution in [2.45, 2.75) is 25.2 Å². The first kappa shape index (κ1) is 23.9. The van der Waals surface area contributed by atoms with Crippen molar-refractivity contribution in [3.05, 3.63) is 68.3 Å². The van der Waals surface area contributed by atoms with Crippen molar-refractivity contribution < 1.29 is 14.6 Å². The smallest absolute Gasteiger partial charge is 0.207 e. The summed E-state index contributed by atoms with van der Waals surface area (Å²) in [7, 11) is -3.43. The van der Waals surface area contributed by atoms with Gasteiger partial charge in [-0.25, -0.2) is 0 Å². The predicted molar refractivity (Wildman–Crippen MR) is 119 cm³/mol. The molecule has 2 aromatic carbocycles. The number of nitrogens with one attached hydrogen (secondary N) is 1. The summed E-state index contributed by atoms with van der Waals surface area (Å²) in [6, 6.07) is 14.9. The third kappa shape index (κ3) is 7.85. The third-order valence-electron chi connectivity index (χ3n) is 3.87. The quantitative estimate of drug-likeness (QED) is 0.338. The van der Waals surface area contributed by atoms with Crippen LogP contribution in [0.15, 0.2) is 48.5 Å². The van der Waals surface area contributed by atoms with E-state index in [-0.39, 0.29) is 37.3 Å². The van der Waals surface area contributed by atoms with Crippen LogP contribution in [0.1, 0.15) is 24.1 Å². The highest BCUT2D eigenvalue weighted by Gasteiger charge is 2.23. The van der Waals surface area contributed by atoms with Gasteiger partial charge in [0.05, 0.1) is 17.3 Å². The van der Waals surface area contributed by atoms with Crippen molar-refractivity contribution in [3.63, 3.8) is 0 Å². The van der Waals surface area contributed by atoms with Gasteiger partial charge in [0.2, 0.25) is 7.37 Å². The van der Waals surface area contributed by atoms with Crippen LogP contribution in [0.4, 0.5) is 0 Å². The zero-order valence-corrected chi connectivity index (χ0v) is 18.9. The Hall–Kier alpha value is -0.140. The van der Waals surface area contributed by atoms with Crippen molar-refractivity contribution in [2.75, 3.05) is 12.7 Å². The second-order valence-electron chi connectivity index (χ2n) is 6.13. The molecule has 3 N–H and O–H groups in total. The normalized spacial score (nSPS) is 15.6. The van der Waals surface area contributed by atoms with Crippen LogP contribution in [0.3, 0.4) is 0 Å². The van der Waals surface area contributed by atoms with Gasteiger partial charge in [0.25, 0.3) is 0 Å². The fourth-order valence-electron chi connectivity index (χ4n) is 2.54. The van der Waals surface area contributed by atoms with Gasteiger partial charge >= 0.3 is 0 Å². The highest BCUT2D eigenvalue weighted by molar-refractivity contribution is 14.1. The minimum atomic E-state index is -3.43. The molecule has 2 aromatic rings. The SMILES string of the molecule is CC(NCC(O)CP(=O)(O)Cc1ccccc1)c1ccc(Cl)c(I)c1.Cl. The molecule has 8 heteroatoms. The Kier molecular flexibility index (Phi) is 10.1. The Morgan fingerprint density at radius 1 is 1.23 bits per heavy atom. The molecule has 26 heavy (non-hydrogen) atoms. The monoisotopic (exact) mass is 529 g/mol. The Balaban J connectivity index is 0.00000338. The molecule has 0 spiro atoms. The lowest BCUT2D eigenvalue weighted by Crippen LogP contribution is -2.31. The number of rotatable bonds is 8. The van der Waals surface area contributed by atoms with Gasteiger partial charge in [-0.15, -0.1) is 12.4 Å². The lowest BCUT2D eigenvalue weighted by Gasteiger charge is -2.20. The third-order valence-corrected chi connectivity index (χ3v) is 7.26. The molecule has 0 saturated heterocycles. The minimum absolute atomic E-state index is 0. The Morgan fingerprint density at radius 2 is 1.88 bits per heavy atom. The molecule has 0 bridgehead atoms. The first-order valence-electron chi connectivity index (χ1n) is 7.98. The summed E-state index contributed by atoms with van der Waals surface area (Å²) in [5.41, 5.74) is 1.86. The van der Waals surface area contributed by atoms with Crippen LogP contribution in [0.25, 0.3) is 0 Å². The van der Waals surface area contributed by atoms with Crippen LogP contribution in [-0.4, -0.2) is 28.8 Å². The molecule has 0 aliphatic carbocycles. The lowest BCUT2D eigenvalue weighted by atomic mass is 10.1. The molecule has 0 amide bonds. The predicted octanol–water partition coefficient (Wildman–Crippen LogP) is 4.85. The molecule has 0 aromatic heterocycles. The number of halogens is 3. The topological polar surface area (TPSA) is 69.6 Å². The van der Waals surface area contributed by atoms with Gasteiger partial charge < -0.3 is 15.3 Å². The van der Waals surface area contributed by atoms with Crippen LogP contribution in [0.2, 0.25) is 5.02 Å². The van der Waals surface area contributed by atoms with Crippen LogP contribution in [-0.2, 0) is 10.7 Å². The molecule has 0 heterocycles. The Bertz CT molecular complexity index is 748. The van der Waals surface area contributed by atoms with Gasteiger partial charge in [0.1, 0.15) is 0 Å². The van der Waals surface area contributed by atoms with Gasteiger partial charge in [0, 0.05) is 22.3 Å². The summed E-state index contributed by atoms with van der Waals surface area (Å²) >= 11 is 8.20.